The molecule has 148 valence electrons. The number of likely N-dealkylation sites (tertiary alicyclic amines) is 2. The zero-order valence-corrected chi connectivity index (χ0v) is 16.3. The Balaban J connectivity index is 1.32. The van der Waals surface area contributed by atoms with Crippen molar-refractivity contribution in [1.82, 2.24) is 20.4 Å². The lowest BCUT2D eigenvalue weighted by atomic mass is 9.96. The van der Waals surface area contributed by atoms with Gasteiger partial charge in [-0.1, -0.05) is 26.2 Å². The molecule has 0 spiro atoms. The van der Waals surface area contributed by atoms with Gasteiger partial charge in [-0.25, -0.2) is 4.79 Å². The van der Waals surface area contributed by atoms with Gasteiger partial charge in [-0.05, 0) is 44.4 Å². The number of nitrogens with zero attached hydrogens (tertiary/aromatic N) is 2. The predicted molar refractivity (Wildman–Crippen MR) is 103 cm³/mol. The summed E-state index contributed by atoms with van der Waals surface area (Å²) in [5.74, 6) is 1.03. The van der Waals surface area contributed by atoms with E-state index in [4.69, 9.17) is 0 Å². The van der Waals surface area contributed by atoms with Gasteiger partial charge < -0.3 is 15.5 Å². The molecule has 2 saturated heterocycles. The first-order valence-corrected chi connectivity index (χ1v) is 10.7. The van der Waals surface area contributed by atoms with Crippen molar-refractivity contribution >= 4 is 11.9 Å². The van der Waals surface area contributed by atoms with Crippen LogP contribution in [0.5, 0.6) is 0 Å². The molecule has 3 aliphatic rings. The SMILES string of the molecule is CC1CCN(C(=O)CN2CCC(NC(=O)NC3CCCCC3)CC2)CC1. The summed E-state index contributed by atoms with van der Waals surface area (Å²) in [7, 11) is 0. The van der Waals surface area contributed by atoms with Crippen LogP contribution in [-0.2, 0) is 4.79 Å². The average Bonchev–Trinajstić information content (AvgIpc) is 2.64. The molecule has 0 atom stereocenters. The van der Waals surface area contributed by atoms with Gasteiger partial charge in [0.25, 0.3) is 0 Å². The van der Waals surface area contributed by atoms with E-state index in [1.807, 2.05) is 4.90 Å². The number of carbonyl (C=O) groups is 2. The van der Waals surface area contributed by atoms with E-state index in [1.54, 1.807) is 0 Å². The second-order valence-electron chi connectivity index (χ2n) is 8.57. The van der Waals surface area contributed by atoms with Gasteiger partial charge in [-0.3, -0.25) is 9.69 Å². The highest BCUT2D eigenvalue weighted by atomic mass is 16.2. The van der Waals surface area contributed by atoms with Crippen LogP contribution >= 0.6 is 0 Å². The topological polar surface area (TPSA) is 64.7 Å². The van der Waals surface area contributed by atoms with Crippen molar-refractivity contribution in [1.29, 1.82) is 0 Å². The Morgan fingerprint density at radius 1 is 0.808 bits per heavy atom. The van der Waals surface area contributed by atoms with E-state index < -0.39 is 0 Å². The van der Waals surface area contributed by atoms with E-state index in [0.717, 1.165) is 70.6 Å². The Labute approximate surface area is 158 Å². The summed E-state index contributed by atoms with van der Waals surface area (Å²) in [4.78, 5) is 28.9. The normalized spacial score (nSPS) is 24.4. The summed E-state index contributed by atoms with van der Waals surface area (Å²) in [6.07, 6.45) is 10.1. The molecular formula is C20H36N4O2. The number of hydrogen-bond donors (Lipinski definition) is 2. The Bertz CT molecular complexity index is 462. The predicted octanol–water partition coefficient (Wildman–Crippen LogP) is 2.34. The van der Waals surface area contributed by atoms with Crippen molar-refractivity contribution in [2.45, 2.75) is 76.8 Å². The molecule has 6 nitrogen and oxygen atoms in total. The van der Waals surface area contributed by atoms with Crippen molar-refractivity contribution in [3.8, 4) is 0 Å². The Kier molecular flexibility index (Phi) is 7.17. The van der Waals surface area contributed by atoms with Crippen LogP contribution in [0.25, 0.3) is 0 Å². The van der Waals surface area contributed by atoms with Gasteiger partial charge in [0.1, 0.15) is 0 Å². The fraction of sp³-hybridized carbons (Fsp3) is 0.900. The van der Waals surface area contributed by atoms with Crippen molar-refractivity contribution < 1.29 is 9.59 Å². The molecule has 2 N–H and O–H groups in total. The van der Waals surface area contributed by atoms with Crippen molar-refractivity contribution in [3.63, 3.8) is 0 Å². The average molecular weight is 365 g/mol. The molecule has 2 aliphatic heterocycles. The van der Waals surface area contributed by atoms with Crippen LogP contribution in [0.2, 0.25) is 0 Å². The maximum absolute atomic E-state index is 12.5. The first-order valence-electron chi connectivity index (χ1n) is 10.7. The maximum Gasteiger partial charge on any atom is 0.315 e. The fourth-order valence-corrected chi connectivity index (χ4v) is 4.44. The molecule has 0 aromatic rings. The zero-order valence-electron chi connectivity index (χ0n) is 16.3. The zero-order chi connectivity index (χ0) is 18.4. The summed E-state index contributed by atoms with van der Waals surface area (Å²) in [5.41, 5.74) is 0. The Morgan fingerprint density at radius 2 is 1.38 bits per heavy atom. The number of amides is 3. The number of carbonyl (C=O) groups excluding carboxylic acids is 2. The van der Waals surface area contributed by atoms with Gasteiger partial charge in [-0.2, -0.15) is 0 Å². The van der Waals surface area contributed by atoms with Crippen LogP contribution in [0, 0.1) is 5.92 Å². The second-order valence-corrected chi connectivity index (χ2v) is 8.57. The highest BCUT2D eigenvalue weighted by molar-refractivity contribution is 5.78. The lowest BCUT2D eigenvalue weighted by Crippen LogP contribution is -2.52. The number of piperidine rings is 2. The van der Waals surface area contributed by atoms with Gasteiger partial charge in [0.2, 0.25) is 5.91 Å². The van der Waals surface area contributed by atoms with Gasteiger partial charge >= 0.3 is 6.03 Å². The molecule has 0 radical (unpaired) electrons. The van der Waals surface area contributed by atoms with E-state index in [2.05, 4.69) is 22.5 Å². The van der Waals surface area contributed by atoms with Crippen LogP contribution in [0.1, 0.15) is 64.7 Å². The molecule has 0 unspecified atom stereocenters. The lowest BCUT2D eigenvalue weighted by molar-refractivity contribution is -0.134. The van der Waals surface area contributed by atoms with Crippen LogP contribution in [-0.4, -0.2) is 66.5 Å². The third kappa shape index (κ3) is 5.86. The van der Waals surface area contributed by atoms with Crippen molar-refractivity contribution in [2.24, 2.45) is 5.92 Å². The van der Waals surface area contributed by atoms with E-state index in [-0.39, 0.29) is 18.0 Å². The van der Waals surface area contributed by atoms with Gasteiger partial charge in [0.15, 0.2) is 0 Å². The monoisotopic (exact) mass is 364 g/mol. The maximum atomic E-state index is 12.5. The van der Waals surface area contributed by atoms with Crippen LogP contribution < -0.4 is 10.6 Å². The standard InChI is InChI=1S/C20H36N4O2/c1-16-7-13-24(14-8-16)19(25)15-23-11-9-18(10-12-23)22-20(26)21-17-5-3-2-4-6-17/h16-18H,2-15H2,1H3,(H2,21,22,26). The number of nitrogens with one attached hydrogen (secondary N) is 2. The third-order valence-electron chi connectivity index (χ3n) is 6.36. The highest BCUT2D eigenvalue weighted by Gasteiger charge is 2.26. The van der Waals surface area contributed by atoms with Gasteiger partial charge in [-0.15, -0.1) is 0 Å². The van der Waals surface area contributed by atoms with Gasteiger partial charge in [0, 0.05) is 38.3 Å². The minimum atomic E-state index is -0.00568. The molecule has 1 saturated carbocycles. The minimum absolute atomic E-state index is 0.00568. The van der Waals surface area contributed by atoms with Crippen LogP contribution in [0.4, 0.5) is 4.79 Å². The molecule has 3 fully saturated rings. The molecule has 6 heteroatoms. The molecule has 2 heterocycles. The van der Waals surface area contributed by atoms with E-state index in [9.17, 15) is 9.59 Å². The molecule has 0 bridgehead atoms. The summed E-state index contributed by atoms with van der Waals surface area (Å²) in [5, 5.41) is 6.27. The molecule has 1 aliphatic carbocycles. The number of hydrogen-bond acceptors (Lipinski definition) is 3. The molecule has 0 aromatic carbocycles. The number of urea groups is 1. The Morgan fingerprint density at radius 3 is 2.00 bits per heavy atom. The first kappa shape index (κ1) is 19.5. The summed E-state index contributed by atoms with van der Waals surface area (Å²) in [6.45, 7) is 6.42. The molecular weight excluding hydrogens is 328 g/mol. The summed E-state index contributed by atoms with van der Waals surface area (Å²) >= 11 is 0. The largest absolute Gasteiger partial charge is 0.342 e. The van der Waals surface area contributed by atoms with Crippen molar-refractivity contribution in [2.75, 3.05) is 32.7 Å². The summed E-state index contributed by atoms with van der Waals surface area (Å²) in [6, 6.07) is 0.586. The molecule has 26 heavy (non-hydrogen) atoms. The third-order valence-corrected chi connectivity index (χ3v) is 6.36. The van der Waals surface area contributed by atoms with Crippen LogP contribution in [0.3, 0.4) is 0 Å². The van der Waals surface area contributed by atoms with E-state index in [1.165, 1.54) is 19.3 Å². The van der Waals surface area contributed by atoms with Gasteiger partial charge in [0.05, 0.1) is 6.54 Å². The summed E-state index contributed by atoms with van der Waals surface area (Å²) < 4.78 is 0. The smallest absolute Gasteiger partial charge is 0.315 e. The van der Waals surface area contributed by atoms with Crippen LogP contribution in [0.15, 0.2) is 0 Å². The molecule has 3 amide bonds. The molecule has 0 aromatic heterocycles. The van der Waals surface area contributed by atoms with Crippen molar-refractivity contribution in [3.05, 3.63) is 0 Å². The Hall–Kier alpha value is -1.30. The number of rotatable bonds is 4. The lowest BCUT2D eigenvalue weighted by Gasteiger charge is -2.35. The van der Waals surface area contributed by atoms with E-state index in [0.29, 0.717) is 12.6 Å². The highest BCUT2D eigenvalue weighted by Crippen LogP contribution is 2.18. The minimum Gasteiger partial charge on any atom is -0.342 e. The van der Waals surface area contributed by atoms with E-state index >= 15 is 0 Å². The second kappa shape index (κ2) is 9.58. The quantitative estimate of drug-likeness (QED) is 0.805. The molecule has 3 rings (SSSR count). The fourth-order valence-electron chi connectivity index (χ4n) is 4.44. The first-order chi connectivity index (χ1) is 12.6.